The number of nitrogens with zero attached hydrogens (tertiary/aromatic N) is 1. The Morgan fingerprint density at radius 3 is 2.92 bits per heavy atom. The van der Waals surface area contributed by atoms with E-state index >= 15 is 0 Å². The average Bonchev–Trinajstić information content (AvgIpc) is 2.28. The predicted molar refractivity (Wildman–Crippen MR) is 53.3 cm³/mol. The first-order valence-corrected chi connectivity index (χ1v) is 3.51. The zero-order chi connectivity index (χ0) is 7.52. The summed E-state index contributed by atoms with van der Waals surface area (Å²) in [5.74, 6) is 0. The van der Waals surface area contributed by atoms with E-state index in [0.717, 1.165) is 5.69 Å². The molecule has 1 heterocycles. The van der Waals surface area contributed by atoms with E-state index in [-0.39, 0.29) is 48.9 Å². The number of rotatable bonds is 0. The Balaban J connectivity index is 0.000000720. The maximum absolute atomic E-state index is 3.95. The largest absolute Gasteiger partial charge is 0.278 e. The van der Waals surface area contributed by atoms with E-state index in [1.807, 2.05) is 36.4 Å². The molecule has 56 valence electrons. The van der Waals surface area contributed by atoms with Crippen LogP contribution < -0.4 is 5.43 Å². The van der Waals surface area contributed by atoms with Crippen molar-refractivity contribution >= 4 is 66.9 Å². The van der Waals surface area contributed by atoms with E-state index < -0.39 is 0 Å². The number of para-hydroxylation sites is 1. The molecule has 0 saturated heterocycles. The van der Waals surface area contributed by atoms with Crippen LogP contribution in [-0.2, 0) is 0 Å². The molecule has 0 aliphatic carbocycles. The normalized spacial score (nSPS) is 12.3. The van der Waals surface area contributed by atoms with Crippen molar-refractivity contribution in [1.29, 1.82) is 0 Å². The van der Waals surface area contributed by atoms with E-state index in [4.69, 9.17) is 0 Å². The number of benzene rings is 1. The van der Waals surface area contributed by atoms with Crippen LogP contribution in [0.15, 0.2) is 35.4 Å². The fourth-order valence-corrected chi connectivity index (χ4v) is 1.04. The summed E-state index contributed by atoms with van der Waals surface area (Å²) in [5, 5.41) is 3.95. The van der Waals surface area contributed by atoms with Gasteiger partial charge in [-0.1, -0.05) is 24.3 Å². The second-order valence-corrected chi connectivity index (χ2v) is 2.34. The van der Waals surface area contributed by atoms with Crippen molar-refractivity contribution in [2.24, 2.45) is 5.10 Å². The van der Waals surface area contributed by atoms with E-state index in [1.165, 1.54) is 5.56 Å². The van der Waals surface area contributed by atoms with Crippen molar-refractivity contribution in [3.63, 3.8) is 0 Å². The van der Waals surface area contributed by atoms with Crippen LogP contribution >= 0.6 is 0 Å². The summed E-state index contributed by atoms with van der Waals surface area (Å²) < 4.78 is 0. The van der Waals surface area contributed by atoms with Gasteiger partial charge in [-0.2, -0.15) is 5.10 Å². The molecule has 3 heteroatoms. The number of hydrazone groups is 1. The first-order valence-electron chi connectivity index (χ1n) is 3.51. The minimum Gasteiger partial charge on any atom is -0.278 e. The molecule has 2 radical (unpaired) electrons. The van der Waals surface area contributed by atoms with Crippen LogP contribution in [0.25, 0.3) is 6.08 Å². The Bertz CT molecular complexity index is 318. The quantitative estimate of drug-likeness (QED) is 0.720. The third kappa shape index (κ3) is 2.24. The summed E-state index contributed by atoms with van der Waals surface area (Å²) in [5.41, 5.74) is 5.16. The van der Waals surface area contributed by atoms with E-state index in [1.54, 1.807) is 6.21 Å². The molecule has 0 spiro atoms. The molecule has 1 aliphatic rings. The van der Waals surface area contributed by atoms with E-state index in [9.17, 15) is 0 Å². The van der Waals surface area contributed by atoms with Crippen LogP contribution in [0.2, 0.25) is 0 Å². The van der Waals surface area contributed by atoms with Gasteiger partial charge in [0.25, 0.3) is 0 Å². The Kier molecular flexibility index (Phi) is 4.11. The molecule has 2 nitrogen and oxygen atoms in total. The van der Waals surface area contributed by atoms with Gasteiger partial charge in [-0.3, -0.25) is 5.43 Å². The standard InChI is InChI=1S/C9H8N2.Ba/c1-2-6-9-8(4-1)5-3-7-10-11-9;/h1-7,11H;. The van der Waals surface area contributed by atoms with Gasteiger partial charge in [-0.25, -0.2) is 0 Å². The van der Waals surface area contributed by atoms with Crippen molar-refractivity contribution in [2.75, 3.05) is 5.43 Å². The zero-order valence-corrected chi connectivity index (χ0v) is 11.1. The number of allylic oxidation sites excluding steroid dienone is 1. The maximum atomic E-state index is 3.95. The average molecular weight is 282 g/mol. The van der Waals surface area contributed by atoms with Crippen molar-refractivity contribution in [3.05, 3.63) is 35.9 Å². The fourth-order valence-electron chi connectivity index (χ4n) is 1.04. The van der Waals surface area contributed by atoms with Crippen LogP contribution in [0, 0.1) is 0 Å². The Hall–Kier alpha value is 0.00143. The first kappa shape index (κ1) is 10.1. The van der Waals surface area contributed by atoms with Crippen LogP contribution in [0.4, 0.5) is 5.69 Å². The molecule has 0 saturated carbocycles. The van der Waals surface area contributed by atoms with Crippen molar-refractivity contribution in [1.82, 2.24) is 0 Å². The van der Waals surface area contributed by atoms with Gasteiger partial charge >= 0.3 is 0 Å². The Morgan fingerprint density at radius 1 is 1.17 bits per heavy atom. The van der Waals surface area contributed by atoms with E-state index in [2.05, 4.69) is 10.5 Å². The molecule has 0 fully saturated rings. The number of hydrogen-bond donors (Lipinski definition) is 1. The van der Waals surface area contributed by atoms with Gasteiger partial charge in [-0.05, 0) is 17.7 Å². The summed E-state index contributed by atoms with van der Waals surface area (Å²) >= 11 is 0. The molecule has 1 aromatic rings. The summed E-state index contributed by atoms with van der Waals surface area (Å²) in [6.07, 6.45) is 5.68. The second kappa shape index (κ2) is 4.89. The minimum absolute atomic E-state index is 0. The van der Waals surface area contributed by atoms with Gasteiger partial charge in [0.2, 0.25) is 0 Å². The minimum atomic E-state index is 0. The molecule has 0 amide bonds. The monoisotopic (exact) mass is 282 g/mol. The molecule has 2 rings (SSSR count). The van der Waals surface area contributed by atoms with E-state index in [0.29, 0.717) is 0 Å². The first-order chi connectivity index (χ1) is 5.47. The van der Waals surface area contributed by atoms with Gasteiger partial charge in [0.1, 0.15) is 0 Å². The number of fused-ring (bicyclic) bond motifs is 1. The second-order valence-electron chi connectivity index (χ2n) is 2.34. The molecule has 12 heavy (non-hydrogen) atoms. The summed E-state index contributed by atoms with van der Waals surface area (Å²) in [6.45, 7) is 0. The van der Waals surface area contributed by atoms with Crippen LogP contribution in [0.3, 0.4) is 0 Å². The SMILES string of the molecule is C1=Cc2ccccc2NN=C1.[Ba]. The molecular formula is C9H8BaN2. The third-order valence-corrected chi connectivity index (χ3v) is 1.58. The molecule has 1 aromatic carbocycles. The third-order valence-electron chi connectivity index (χ3n) is 1.58. The van der Waals surface area contributed by atoms with Gasteiger partial charge in [-0.15, -0.1) is 0 Å². The molecular weight excluding hydrogens is 273 g/mol. The molecule has 0 atom stereocenters. The van der Waals surface area contributed by atoms with Crippen molar-refractivity contribution in [3.8, 4) is 0 Å². The molecule has 0 bridgehead atoms. The summed E-state index contributed by atoms with van der Waals surface area (Å²) in [7, 11) is 0. The maximum Gasteiger partial charge on any atom is 0.0634 e. The number of hydrogen-bond acceptors (Lipinski definition) is 2. The van der Waals surface area contributed by atoms with Crippen LogP contribution in [0.1, 0.15) is 5.56 Å². The summed E-state index contributed by atoms with van der Waals surface area (Å²) in [6, 6.07) is 8.05. The molecule has 0 unspecified atom stereocenters. The smallest absolute Gasteiger partial charge is 0.0634 e. The Labute approximate surface area is 112 Å². The Morgan fingerprint density at radius 2 is 2.00 bits per heavy atom. The van der Waals surface area contributed by atoms with Gasteiger partial charge in [0.15, 0.2) is 0 Å². The van der Waals surface area contributed by atoms with Gasteiger partial charge in [0.05, 0.1) is 5.69 Å². The van der Waals surface area contributed by atoms with Gasteiger partial charge in [0, 0.05) is 55.1 Å². The van der Waals surface area contributed by atoms with Crippen LogP contribution in [-0.4, -0.2) is 55.1 Å². The van der Waals surface area contributed by atoms with Crippen molar-refractivity contribution < 1.29 is 0 Å². The van der Waals surface area contributed by atoms with Gasteiger partial charge < -0.3 is 0 Å². The topological polar surface area (TPSA) is 24.4 Å². The van der Waals surface area contributed by atoms with Crippen LogP contribution in [0.5, 0.6) is 0 Å². The number of anilines is 1. The molecule has 0 aromatic heterocycles. The fraction of sp³-hybridized carbons (Fsp3) is 0. The number of nitrogens with one attached hydrogen (secondary N) is 1. The summed E-state index contributed by atoms with van der Waals surface area (Å²) in [4.78, 5) is 0. The predicted octanol–water partition coefficient (Wildman–Crippen LogP) is 1.73. The molecule has 1 aliphatic heterocycles. The van der Waals surface area contributed by atoms with Crippen molar-refractivity contribution in [2.45, 2.75) is 0 Å². The zero-order valence-electron chi connectivity index (χ0n) is 6.70. The molecule has 1 N–H and O–H groups in total.